The van der Waals surface area contributed by atoms with E-state index in [1.54, 1.807) is 18.2 Å². The zero-order chi connectivity index (χ0) is 14.8. The molecule has 4 nitrogen and oxygen atoms in total. The van der Waals surface area contributed by atoms with Crippen LogP contribution < -0.4 is 10.5 Å². The molecule has 2 rings (SSSR count). The fourth-order valence-corrected chi connectivity index (χ4v) is 4.55. The summed E-state index contributed by atoms with van der Waals surface area (Å²) in [6, 6.07) is 4.73. The van der Waals surface area contributed by atoms with Crippen LogP contribution in [0.3, 0.4) is 0 Å². The molecule has 2 unspecified atom stereocenters. The van der Waals surface area contributed by atoms with Crippen LogP contribution in [-0.2, 0) is 10.0 Å². The third-order valence-corrected chi connectivity index (χ3v) is 6.12. The lowest BCUT2D eigenvalue weighted by Gasteiger charge is -2.22. The average molecular weight is 361 g/mol. The van der Waals surface area contributed by atoms with Gasteiger partial charge in [0.15, 0.2) is 0 Å². The van der Waals surface area contributed by atoms with Crippen LogP contribution in [0.1, 0.15) is 39.0 Å². The molecule has 0 heterocycles. The van der Waals surface area contributed by atoms with Crippen molar-refractivity contribution in [2.45, 2.75) is 50.0 Å². The first-order chi connectivity index (χ1) is 9.40. The summed E-state index contributed by atoms with van der Waals surface area (Å²) in [5.74, 6) is 0.379. The number of hydrogen-bond donors (Lipinski definition) is 2. The summed E-state index contributed by atoms with van der Waals surface area (Å²) in [4.78, 5) is 0.259. The summed E-state index contributed by atoms with van der Waals surface area (Å²) in [7, 11) is -3.48. The predicted octanol–water partition coefficient (Wildman–Crippen LogP) is 3.28. The molecule has 1 saturated carbocycles. The molecule has 6 heteroatoms. The number of rotatable bonds is 3. The third-order valence-electron chi connectivity index (χ3n) is 3.95. The Hall–Kier alpha value is -0.590. The highest BCUT2D eigenvalue weighted by atomic mass is 79.9. The third kappa shape index (κ3) is 3.74. The van der Waals surface area contributed by atoms with Gasteiger partial charge in [0.1, 0.15) is 0 Å². The van der Waals surface area contributed by atoms with E-state index in [9.17, 15) is 8.42 Å². The molecule has 1 aromatic rings. The summed E-state index contributed by atoms with van der Waals surface area (Å²) in [5.41, 5.74) is 6.23. The van der Waals surface area contributed by atoms with Crippen LogP contribution in [0.2, 0.25) is 0 Å². The van der Waals surface area contributed by atoms with E-state index in [0.29, 0.717) is 16.1 Å². The zero-order valence-corrected chi connectivity index (χ0v) is 14.0. The van der Waals surface area contributed by atoms with E-state index < -0.39 is 10.0 Å². The van der Waals surface area contributed by atoms with Crippen LogP contribution in [0.15, 0.2) is 27.6 Å². The van der Waals surface area contributed by atoms with Gasteiger partial charge < -0.3 is 5.73 Å². The number of halogens is 1. The van der Waals surface area contributed by atoms with E-state index >= 15 is 0 Å². The van der Waals surface area contributed by atoms with Crippen molar-refractivity contribution in [2.24, 2.45) is 5.92 Å². The Morgan fingerprint density at radius 3 is 2.65 bits per heavy atom. The Bertz CT molecular complexity index is 575. The summed E-state index contributed by atoms with van der Waals surface area (Å²) in [5, 5.41) is 0. The maximum Gasteiger partial charge on any atom is 0.240 e. The molecule has 0 aliphatic heterocycles. The Balaban J connectivity index is 2.19. The van der Waals surface area contributed by atoms with Crippen LogP contribution in [0.5, 0.6) is 0 Å². The molecule has 3 N–H and O–H groups in total. The molecule has 1 aromatic carbocycles. The van der Waals surface area contributed by atoms with Gasteiger partial charge in [-0.25, -0.2) is 13.1 Å². The van der Waals surface area contributed by atoms with Crippen LogP contribution >= 0.6 is 15.9 Å². The highest BCUT2D eigenvalue weighted by molar-refractivity contribution is 9.10. The maximum atomic E-state index is 12.4. The number of sulfonamides is 1. The summed E-state index contributed by atoms with van der Waals surface area (Å²) in [6.45, 7) is 2.12. The molecule has 0 bridgehead atoms. The molecular formula is C14H21BrN2O2S. The molecule has 0 aromatic heterocycles. The van der Waals surface area contributed by atoms with Crippen molar-refractivity contribution >= 4 is 31.6 Å². The number of anilines is 1. The highest BCUT2D eigenvalue weighted by Crippen LogP contribution is 2.26. The molecule has 0 spiro atoms. The van der Waals surface area contributed by atoms with Crippen molar-refractivity contribution in [3.05, 3.63) is 22.7 Å². The summed E-state index contributed by atoms with van der Waals surface area (Å²) >= 11 is 3.27. The van der Waals surface area contributed by atoms with Gasteiger partial charge in [0, 0.05) is 16.2 Å². The minimum Gasteiger partial charge on any atom is -0.398 e. The van der Waals surface area contributed by atoms with Gasteiger partial charge in [-0.15, -0.1) is 0 Å². The SMILES string of the molecule is CC1CCCCCC1NS(=O)(=O)c1ccc(N)c(Br)c1. The monoisotopic (exact) mass is 360 g/mol. The number of nitrogen functional groups attached to an aromatic ring is 1. The first-order valence-electron chi connectivity index (χ1n) is 6.97. The fraction of sp³-hybridized carbons (Fsp3) is 0.571. The van der Waals surface area contributed by atoms with Gasteiger partial charge in [-0.1, -0.05) is 26.2 Å². The Morgan fingerprint density at radius 2 is 1.95 bits per heavy atom. The molecule has 0 amide bonds. The second-order valence-electron chi connectivity index (χ2n) is 5.53. The van der Waals surface area contributed by atoms with E-state index in [-0.39, 0.29) is 10.9 Å². The lowest BCUT2D eigenvalue weighted by atomic mass is 9.98. The predicted molar refractivity (Wildman–Crippen MR) is 84.9 cm³/mol. The smallest absolute Gasteiger partial charge is 0.240 e. The zero-order valence-electron chi connectivity index (χ0n) is 11.6. The maximum absolute atomic E-state index is 12.4. The minimum absolute atomic E-state index is 0.0267. The fourth-order valence-electron chi connectivity index (χ4n) is 2.61. The van der Waals surface area contributed by atoms with E-state index in [0.717, 1.165) is 19.3 Å². The number of nitrogens with two attached hydrogens (primary N) is 1. The van der Waals surface area contributed by atoms with Gasteiger partial charge in [0.25, 0.3) is 0 Å². The normalized spacial score (nSPS) is 24.3. The van der Waals surface area contributed by atoms with Gasteiger partial charge >= 0.3 is 0 Å². The summed E-state index contributed by atoms with van der Waals surface area (Å²) in [6.07, 6.45) is 5.46. The summed E-state index contributed by atoms with van der Waals surface area (Å²) < 4.78 is 28.4. The van der Waals surface area contributed by atoms with Crippen LogP contribution in [-0.4, -0.2) is 14.5 Å². The quantitative estimate of drug-likeness (QED) is 0.641. The van der Waals surface area contributed by atoms with Crippen molar-refractivity contribution in [3.63, 3.8) is 0 Å². The Kier molecular flexibility index (Phi) is 5.09. The lowest BCUT2D eigenvalue weighted by molar-refractivity contribution is 0.399. The Morgan fingerprint density at radius 1 is 1.25 bits per heavy atom. The van der Waals surface area contributed by atoms with Crippen molar-refractivity contribution in [3.8, 4) is 0 Å². The Labute approximate surface area is 129 Å². The highest BCUT2D eigenvalue weighted by Gasteiger charge is 2.26. The van der Waals surface area contributed by atoms with Crippen molar-refractivity contribution in [2.75, 3.05) is 5.73 Å². The molecule has 0 radical (unpaired) electrons. The van der Waals surface area contributed by atoms with Gasteiger partial charge in [0.2, 0.25) is 10.0 Å². The van der Waals surface area contributed by atoms with Gasteiger partial charge in [-0.05, 0) is 52.9 Å². The van der Waals surface area contributed by atoms with E-state index in [4.69, 9.17) is 5.73 Å². The molecule has 1 fully saturated rings. The van der Waals surface area contributed by atoms with Crippen LogP contribution in [0.4, 0.5) is 5.69 Å². The van der Waals surface area contributed by atoms with E-state index in [1.807, 2.05) is 0 Å². The second-order valence-corrected chi connectivity index (χ2v) is 8.09. The van der Waals surface area contributed by atoms with E-state index in [2.05, 4.69) is 27.6 Å². The lowest BCUT2D eigenvalue weighted by Crippen LogP contribution is -2.38. The molecule has 2 atom stereocenters. The van der Waals surface area contributed by atoms with Gasteiger partial charge in [0.05, 0.1) is 4.90 Å². The molecule has 1 aliphatic rings. The molecular weight excluding hydrogens is 340 g/mol. The molecule has 20 heavy (non-hydrogen) atoms. The second kappa shape index (κ2) is 6.45. The number of nitrogens with one attached hydrogen (secondary N) is 1. The molecule has 112 valence electrons. The van der Waals surface area contributed by atoms with Crippen molar-refractivity contribution < 1.29 is 8.42 Å². The number of benzene rings is 1. The topological polar surface area (TPSA) is 72.2 Å². The van der Waals surface area contributed by atoms with Crippen molar-refractivity contribution in [1.82, 2.24) is 4.72 Å². The van der Waals surface area contributed by atoms with Crippen LogP contribution in [0.25, 0.3) is 0 Å². The van der Waals surface area contributed by atoms with Crippen LogP contribution in [0, 0.1) is 5.92 Å². The van der Waals surface area contributed by atoms with Crippen molar-refractivity contribution in [1.29, 1.82) is 0 Å². The largest absolute Gasteiger partial charge is 0.398 e. The molecule has 0 saturated heterocycles. The minimum atomic E-state index is -3.48. The van der Waals surface area contributed by atoms with Gasteiger partial charge in [-0.2, -0.15) is 0 Å². The first-order valence-corrected chi connectivity index (χ1v) is 9.25. The standard InChI is InChI=1S/C14H21BrN2O2S/c1-10-5-3-2-4-6-14(10)17-20(18,19)11-7-8-13(16)12(15)9-11/h7-10,14,17H,2-6,16H2,1H3. The van der Waals surface area contributed by atoms with Gasteiger partial charge in [-0.3, -0.25) is 0 Å². The average Bonchev–Trinajstić information content (AvgIpc) is 2.58. The number of hydrogen-bond acceptors (Lipinski definition) is 3. The first kappa shape index (κ1) is 15.8. The van der Waals surface area contributed by atoms with E-state index in [1.165, 1.54) is 12.8 Å². The molecule has 1 aliphatic carbocycles.